The molecule has 1 aromatic carbocycles. The van der Waals surface area contributed by atoms with Gasteiger partial charge in [-0.1, -0.05) is 19.1 Å². The predicted octanol–water partition coefficient (Wildman–Crippen LogP) is 1.98. The number of hydrogen-bond acceptors (Lipinski definition) is 3. The second-order valence-electron chi connectivity index (χ2n) is 5.44. The van der Waals surface area contributed by atoms with Gasteiger partial charge in [-0.3, -0.25) is 0 Å². The van der Waals surface area contributed by atoms with Crippen LogP contribution >= 0.6 is 0 Å². The Balaban J connectivity index is 1.83. The van der Waals surface area contributed by atoms with Crippen LogP contribution in [-0.4, -0.2) is 38.7 Å². The number of rotatable bonds is 6. The molecule has 3 nitrogen and oxygen atoms in total. The minimum Gasteiger partial charge on any atom is -0.497 e. The van der Waals surface area contributed by atoms with Crippen molar-refractivity contribution in [2.24, 2.45) is 11.8 Å². The van der Waals surface area contributed by atoms with E-state index in [9.17, 15) is 0 Å². The summed E-state index contributed by atoms with van der Waals surface area (Å²) < 4.78 is 5.26. The molecule has 2 rings (SSSR count). The Kier molecular flexibility index (Phi) is 4.61. The largest absolute Gasteiger partial charge is 0.497 e. The molecule has 1 atom stereocenters. The van der Waals surface area contributed by atoms with Crippen LogP contribution in [0, 0.1) is 11.8 Å². The molecule has 1 fully saturated rings. The highest BCUT2D eigenvalue weighted by Crippen LogP contribution is 2.18. The lowest BCUT2D eigenvalue weighted by Gasteiger charge is -2.34. The molecule has 1 N–H and O–H groups in total. The number of ether oxygens (including phenoxy) is 1. The lowest BCUT2D eigenvalue weighted by Crippen LogP contribution is -2.47. The van der Waals surface area contributed by atoms with E-state index in [1.54, 1.807) is 7.11 Å². The summed E-state index contributed by atoms with van der Waals surface area (Å²) in [4.78, 5) is 2.40. The van der Waals surface area contributed by atoms with E-state index >= 15 is 0 Å². The third-order valence-corrected chi connectivity index (χ3v) is 3.80. The SMILES string of the molecule is COc1cccc(CN(C)CC(C)C2CNC2)c1. The molecule has 0 amide bonds. The van der Waals surface area contributed by atoms with Crippen LogP contribution in [0.1, 0.15) is 12.5 Å². The predicted molar refractivity (Wildman–Crippen MR) is 74.9 cm³/mol. The van der Waals surface area contributed by atoms with Gasteiger partial charge in [0.1, 0.15) is 5.75 Å². The molecule has 1 saturated heterocycles. The first-order valence-corrected chi connectivity index (χ1v) is 6.71. The van der Waals surface area contributed by atoms with E-state index in [4.69, 9.17) is 4.74 Å². The van der Waals surface area contributed by atoms with E-state index in [1.165, 1.54) is 18.7 Å². The van der Waals surface area contributed by atoms with E-state index in [1.807, 2.05) is 6.07 Å². The van der Waals surface area contributed by atoms with Crippen molar-refractivity contribution in [3.8, 4) is 5.75 Å². The smallest absolute Gasteiger partial charge is 0.119 e. The summed E-state index contributed by atoms with van der Waals surface area (Å²) in [7, 11) is 3.91. The van der Waals surface area contributed by atoms with Gasteiger partial charge in [0.15, 0.2) is 0 Å². The van der Waals surface area contributed by atoms with Crippen LogP contribution in [0.2, 0.25) is 0 Å². The molecule has 0 spiro atoms. The second kappa shape index (κ2) is 6.21. The standard InChI is InChI=1S/C15H24N2O/c1-12(14-8-16-9-14)10-17(2)11-13-5-4-6-15(7-13)18-3/h4-7,12,14,16H,8-11H2,1-3H3. The Bertz CT molecular complexity index is 377. The molecule has 0 aromatic heterocycles. The Morgan fingerprint density at radius 2 is 2.22 bits per heavy atom. The van der Waals surface area contributed by atoms with Crippen LogP contribution in [-0.2, 0) is 6.54 Å². The van der Waals surface area contributed by atoms with Crippen LogP contribution < -0.4 is 10.1 Å². The van der Waals surface area contributed by atoms with E-state index in [0.29, 0.717) is 0 Å². The Morgan fingerprint density at radius 3 is 2.83 bits per heavy atom. The van der Waals surface area contributed by atoms with Crippen molar-refractivity contribution in [3.63, 3.8) is 0 Å². The van der Waals surface area contributed by atoms with Crippen molar-refractivity contribution in [2.75, 3.05) is 33.8 Å². The van der Waals surface area contributed by atoms with Gasteiger partial charge in [-0.15, -0.1) is 0 Å². The maximum Gasteiger partial charge on any atom is 0.119 e. The molecule has 1 heterocycles. The van der Waals surface area contributed by atoms with Gasteiger partial charge >= 0.3 is 0 Å². The molecule has 3 heteroatoms. The normalized spacial score (nSPS) is 17.6. The molecule has 0 saturated carbocycles. The molecule has 0 radical (unpaired) electrons. The first-order valence-electron chi connectivity index (χ1n) is 6.71. The van der Waals surface area contributed by atoms with Gasteiger partial charge in [-0.05, 0) is 49.7 Å². The molecular formula is C15H24N2O. The third-order valence-electron chi connectivity index (χ3n) is 3.80. The molecule has 1 aliphatic rings. The maximum atomic E-state index is 5.26. The van der Waals surface area contributed by atoms with Gasteiger partial charge in [-0.2, -0.15) is 0 Å². The minimum absolute atomic E-state index is 0.766. The highest BCUT2D eigenvalue weighted by Gasteiger charge is 2.24. The van der Waals surface area contributed by atoms with Crippen molar-refractivity contribution in [3.05, 3.63) is 29.8 Å². The van der Waals surface area contributed by atoms with Crippen LogP contribution in [0.4, 0.5) is 0 Å². The summed E-state index contributed by atoms with van der Waals surface area (Å²) in [5, 5.41) is 3.35. The molecule has 1 aromatic rings. The highest BCUT2D eigenvalue weighted by molar-refractivity contribution is 5.28. The van der Waals surface area contributed by atoms with Crippen molar-refractivity contribution in [1.29, 1.82) is 0 Å². The lowest BCUT2D eigenvalue weighted by atomic mass is 9.88. The number of benzene rings is 1. The average Bonchev–Trinajstić information content (AvgIpc) is 2.26. The monoisotopic (exact) mass is 248 g/mol. The van der Waals surface area contributed by atoms with Gasteiger partial charge in [0, 0.05) is 13.1 Å². The Labute approximate surface area is 110 Å². The zero-order valence-electron chi connectivity index (χ0n) is 11.6. The number of hydrogen-bond donors (Lipinski definition) is 1. The lowest BCUT2D eigenvalue weighted by molar-refractivity contribution is 0.182. The fraction of sp³-hybridized carbons (Fsp3) is 0.600. The first-order chi connectivity index (χ1) is 8.69. The van der Waals surface area contributed by atoms with Crippen LogP contribution in [0.25, 0.3) is 0 Å². The number of nitrogens with zero attached hydrogens (tertiary/aromatic N) is 1. The molecule has 1 aliphatic heterocycles. The van der Waals surface area contributed by atoms with Crippen molar-refractivity contribution in [2.45, 2.75) is 13.5 Å². The van der Waals surface area contributed by atoms with Gasteiger partial charge < -0.3 is 15.0 Å². The van der Waals surface area contributed by atoms with Gasteiger partial charge in [0.05, 0.1) is 7.11 Å². The molecule has 100 valence electrons. The summed E-state index contributed by atoms with van der Waals surface area (Å²) in [6.07, 6.45) is 0. The van der Waals surface area contributed by atoms with Crippen molar-refractivity contribution in [1.82, 2.24) is 10.2 Å². The quantitative estimate of drug-likeness (QED) is 0.833. The van der Waals surface area contributed by atoms with Gasteiger partial charge in [-0.25, -0.2) is 0 Å². The van der Waals surface area contributed by atoms with Crippen LogP contribution in [0.3, 0.4) is 0 Å². The van der Waals surface area contributed by atoms with Crippen molar-refractivity contribution >= 4 is 0 Å². The molecule has 0 bridgehead atoms. The average molecular weight is 248 g/mol. The minimum atomic E-state index is 0.766. The fourth-order valence-corrected chi connectivity index (χ4v) is 2.50. The summed E-state index contributed by atoms with van der Waals surface area (Å²) in [6.45, 7) is 6.88. The second-order valence-corrected chi connectivity index (χ2v) is 5.44. The maximum absolute atomic E-state index is 5.26. The molecule has 1 unspecified atom stereocenters. The topological polar surface area (TPSA) is 24.5 Å². The first kappa shape index (κ1) is 13.4. The Morgan fingerprint density at radius 1 is 1.44 bits per heavy atom. The van der Waals surface area contributed by atoms with E-state index in [0.717, 1.165) is 30.7 Å². The van der Waals surface area contributed by atoms with E-state index < -0.39 is 0 Å². The van der Waals surface area contributed by atoms with Gasteiger partial charge in [0.2, 0.25) is 0 Å². The molecular weight excluding hydrogens is 224 g/mol. The summed E-state index contributed by atoms with van der Waals surface area (Å²) in [6, 6.07) is 8.33. The van der Waals surface area contributed by atoms with E-state index in [-0.39, 0.29) is 0 Å². The third kappa shape index (κ3) is 3.47. The molecule has 18 heavy (non-hydrogen) atoms. The Hall–Kier alpha value is -1.06. The van der Waals surface area contributed by atoms with Gasteiger partial charge in [0.25, 0.3) is 0 Å². The zero-order valence-corrected chi connectivity index (χ0v) is 11.6. The zero-order chi connectivity index (χ0) is 13.0. The van der Waals surface area contributed by atoms with Crippen molar-refractivity contribution < 1.29 is 4.74 Å². The highest BCUT2D eigenvalue weighted by atomic mass is 16.5. The van der Waals surface area contributed by atoms with Crippen LogP contribution in [0.15, 0.2) is 24.3 Å². The van der Waals surface area contributed by atoms with Crippen LogP contribution in [0.5, 0.6) is 5.75 Å². The fourth-order valence-electron chi connectivity index (χ4n) is 2.50. The van der Waals surface area contributed by atoms with E-state index in [2.05, 4.69) is 42.4 Å². The number of methoxy groups -OCH3 is 1. The molecule has 0 aliphatic carbocycles. The summed E-state index contributed by atoms with van der Waals surface area (Å²) in [5.74, 6) is 2.57. The summed E-state index contributed by atoms with van der Waals surface area (Å²) in [5.41, 5.74) is 1.32. The number of nitrogens with one attached hydrogen (secondary N) is 1. The summed E-state index contributed by atoms with van der Waals surface area (Å²) >= 11 is 0.